The van der Waals surface area contributed by atoms with E-state index in [1.807, 2.05) is 31.2 Å². The van der Waals surface area contributed by atoms with Crippen LogP contribution in [0.15, 0.2) is 48.3 Å². The van der Waals surface area contributed by atoms with E-state index in [4.69, 9.17) is 4.74 Å². The number of carbonyl (C=O) groups is 3. The van der Waals surface area contributed by atoms with Gasteiger partial charge in [0.1, 0.15) is 5.76 Å². The van der Waals surface area contributed by atoms with Gasteiger partial charge in [0.2, 0.25) is 0 Å². The van der Waals surface area contributed by atoms with Crippen molar-refractivity contribution in [3.05, 3.63) is 70.6 Å². The van der Waals surface area contributed by atoms with Crippen molar-refractivity contribution in [1.29, 1.82) is 0 Å². The Morgan fingerprint density at radius 3 is 2.46 bits per heavy atom. The van der Waals surface area contributed by atoms with Crippen molar-refractivity contribution in [3.8, 4) is 0 Å². The highest BCUT2D eigenvalue weighted by Crippen LogP contribution is 2.42. The fourth-order valence-electron chi connectivity index (χ4n) is 5.12. The fourth-order valence-corrected chi connectivity index (χ4v) is 5.12. The summed E-state index contributed by atoms with van der Waals surface area (Å²) in [5.41, 5.74) is 2.92. The minimum atomic E-state index is -0.773. The van der Waals surface area contributed by atoms with Crippen molar-refractivity contribution in [3.63, 3.8) is 0 Å². The smallest absolute Gasteiger partial charge is 0.409 e. The molecular weight excluding hydrogens is 470 g/mol. The first-order chi connectivity index (χ1) is 17.5. The maximum Gasteiger partial charge on any atom is 0.409 e. The highest BCUT2D eigenvalue weighted by molar-refractivity contribution is 6.46. The minimum absolute atomic E-state index is 0.0694. The molecule has 1 aromatic heterocycles. The Hall–Kier alpha value is -3.68. The zero-order valence-electron chi connectivity index (χ0n) is 22.2. The van der Waals surface area contributed by atoms with E-state index in [2.05, 4.69) is 25.8 Å². The first-order valence-corrected chi connectivity index (χ1v) is 12.8. The van der Waals surface area contributed by atoms with Crippen molar-refractivity contribution in [2.75, 3.05) is 19.7 Å². The Labute approximate surface area is 217 Å². The molecule has 1 N–H and O–H groups in total. The van der Waals surface area contributed by atoms with Gasteiger partial charge in [0.05, 0.1) is 18.2 Å². The number of hydrogen-bond acceptors (Lipinski definition) is 6. The van der Waals surface area contributed by atoms with E-state index >= 15 is 0 Å². The Morgan fingerprint density at radius 2 is 1.86 bits per heavy atom. The van der Waals surface area contributed by atoms with Crippen LogP contribution < -0.4 is 0 Å². The molecule has 2 aliphatic rings. The summed E-state index contributed by atoms with van der Waals surface area (Å²) in [6, 6.07) is 8.36. The molecule has 2 fully saturated rings. The molecule has 1 unspecified atom stereocenters. The summed E-state index contributed by atoms with van der Waals surface area (Å²) in [6.07, 6.45) is 3.89. The predicted octanol–water partition coefficient (Wildman–Crippen LogP) is 4.73. The molecule has 0 spiro atoms. The lowest BCUT2D eigenvalue weighted by molar-refractivity contribution is -0.142. The molecule has 3 heterocycles. The highest BCUT2D eigenvalue weighted by Gasteiger charge is 2.49. The summed E-state index contributed by atoms with van der Waals surface area (Å²) in [5.74, 6) is -1.53. The molecule has 1 aromatic carbocycles. The summed E-state index contributed by atoms with van der Waals surface area (Å²) >= 11 is 0. The number of aliphatic hydroxyl groups excluding tert-OH is 1. The largest absolute Gasteiger partial charge is 0.507 e. The van der Waals surface area contributed by atoms with E-state index in [0.717, 1.165) is 11.1 Å². The topological polar surface area (TPSA) is 100 Å². The van der Waals surface area contributed by atoms with Gasteiger partial charge in [-0.25, -0.2) is 4.79 Å². The number of hydrogen-bond donors (Lipinski definition) is 1. The number of pyridine rings is 1. The monoisotopic (exact) mass is 505 g/mol. The number of aryl methyl sites for hydroxylation is 1. The van der Waals surface area contributed by atoms with E-state index in [-0.39, 0.29) is 28.9 Å². The number of Topliss-reactive ketones (excluding diaryl/α,β-unsaturated/α-hetero) is 1. The molecule has 0 radical (unpaired) electrons. The van der Waals surface area contributed by atoms with Gasteiger partial charge in [0.25, 0.3) is 11.7 Å². The van der Waals surface area contributed by atoms with Gasteiger partial charge in [0, 0.05) is 37.1 Å². The van der Waals surface area contributed by atoms with Crippen molar-refractivity contribution in [2.24, 2.45) is 0 Å². The van der Waals surface area contributed by atoms with E-state index in [1.54, 1.807) is 35.2 Å². The average molecular weight is 506 g/mol. The Morgan fingerprint density at radius 1 is 1.16 bits per heavy atom. The van der Waals surface area contributed by atoms with Crippen LogP contribution in [0.2, 0.25) is 0 Å². The van der Waals surface area contributed by atoms with Gasteiger partial charge in [-0.3, -0.25) is 14.6 Å². The number of carbonyl (C=O) groups excluding carboxylic acids is 3. The molecule has 2 aromatic rings. The van der Waals surface area contributed by atoms with E-state index in [1.165, 1.54) is 0 Å². The molecule has 8 nitrogen and oxygen atoms in total. The fraction of sp³-hybridized carbons (Fsp3) is 0.448. The SMILES string of the molecule is CCOC(=O)N1CCC(N2C(=O)C(=O)/C(=C(/O)c3cc(C(C)(C)C)ccc3C)C2c2cccnc2)CC1. The standard InChI is InChI=1S/C29H35N3O5/c1-6-37-28(36)31-14-11-21(12-15-31)32-24(19-8-7-13-30-17-19)23(26(34)27(32)35)25(33)22-16-20(29(3,4)5)10-9-18(22)2/h7-10,13,16-17,21,24,33H,6,11-12,14-15H2,1-5H3/b25-23+. The zero-order valence-corrected chi connectivity index (χ0v) is 22.2. The highest BCUT2D eigenvalue weighted by atomic mass is 16.6. The molecule has 8 heteroatoms. The molecule has 37 heavy (non-hydrogen) atoms. The van der Waals surface area contributed by atoms with Crippen LogP contribution in [0.5, 0.6) is 0 Å². The second-order valence-electron chi connectivity index (χ2n) is 10.7. The average Bonchev–Trinajstić information content (AvgIpc) is 3.14. The van der Waals surface area contributed by atoms with Gasteiger partial charge in [-0.2, -0.15) is 0 Å². The molecule has 2 amide bonds. The lowest BCUT2D eigenvalue weighted by Gasteiger charge is -2.38. The molecule has 1 atom stereocenters. The van der Waals surface area contributed by atoms with Crippen LogP contribution in [0.25, 0.3) is 5.76 Å². The lowest BCUT2D eigenvalue weighted by Crippen LogP contribution is -2.48. The zero-order chi connectivity index (χ0) is 26.9. The number of ketones is 1. The first-order valence-electron chi connectivity index (χ1n) is 12.8. The number of nitrogens with zero attached hydrogens (tertiary/aromatic N) is 3. The van der Waals surface area contributed by atoms with Gasteiger partial charge in [-0.15, -0.1) is 0 Å². The Balaban J connectivity index is 1.78. The van der Waals surface area contributed by atoms with Crippen molar-refractivity contribution in [1.82, 2.24) is 14.8 Å². The quantitative estimate of drug-likeness (QED) is 0.366. The van der Waals surface area contributed by atoms with Gasteiger partial charge >= 0.3 is 6.09 Å². The summed E-state index contributed by atoms with van der Waals surface area (Å²) in [4.78, 5) is 46.6. The molecule has 4 rings (SSSR count). The second kappa shape index (κ2) is 10.4. The summed E-state index contributed by atoms with van der Waals surface area (Å²) in [7, 11) is 0. The predicted molar refractivity (Wildman–Crippen MR) is 140 cm³/mol. The number of benzene rings is 1. The Bertz CT molecular complexity index is 1220. The number of ether oxygens (including phenoxy) is 1. The van der Waals surface area contributed by atoms with Gasteiger partial charge in [-0.05, 0) is 60.9 Å². The van der Waals surface area contributed by atoms with Crippen LogP contribution in [-0.4, -0.2) is 63.4 Å². The van der Waals surface area contributed by atoms with Gasteiger partial charge < -0.3 is 19.6 Å². The number of piperidine rings is 1. The summed E-state index contributed by atoms with van der Waals surface area (Å²) in [5, 5.41) is 11.6. The summed E-state index contributed by atoms with van der Waals surface area (Å²) < 4.78 is 5.12. The third-order valence-electron chi connectivity index (χ3n) is 7.22. The van der Waals surface area contributed by atoms with Crippen LogP contribution in [0.3, 0.4) is 0 Å². The number of aliphatic hydroxyl groups is 1. The molecule has 0 saturated carbocycles. The normalized spacial score (nSPS) is 20.4. The first kappa shape index (κ1) is 26.4. The van der Waals surface area contributed by atoms with Crippen LogP contribution in [0.4, 0.5) is 4.79 Å². The number of likely N-dealkylation sites (tertiary alicyclic amines) is 2. The maximum absolute atomic E-state index is 13.5. The molecule has 196 valence electrons. The number of amides is 2. The third-order valence-corrected chi connectivity index (χ3v) is 7.22. The van der Waals surface area contributed by atoms with Gasteiger partial charge in [0.15, 0.2) is 0 Å². The molecular formula is C29H35N3O5. The summed E-state index contributed by atoms with van der Waals surface area (Å²) in [6.45, 7) is 11.0. The van der Waals surface area contributed by atoms with Crippen LogP contribution in [0.1, 0.15) is 68.8 Å². The van der Waals surface area contributed by atoms with Crippen molar-refractivity contribution >= 4 is 23.5 Å². The van der Waals surface area contributed by atoms with Crippen LogP contribution in [0, 0.1) is 6.92 Å². The van der Waals surface area contributed by atoms with Gasteiger partial charge in [-0.1, -0.05) is 39.0 Å². The van der Waals surface area contributed by atoms with E-state index in [9.17, 15) is 19.5 Å². The van der Waals surface area contributed by atoms with Crippen LogP contribution >= 0.6 is 0 Å². The molecule has 2 aliphatic heterocycles. The van der Waals surface area contributed by atoms with Crippen LogP contribution in [-0.2, 0) is 19.7 Å². The van der Waals surface area contributed by atoms with E-state index < -0.39 is 17.7 Å². The molecule has 0 aliphatic carbocycles. The second-order valence-corrected chi connectivity index (χ2v) is 10.7. The molecule has 0 bridgehead atoms. The minimum Gasteiger partial charge on any atom is -0.507 e. The third kappa shape index (κ3) is 5.10. The molecule has 2 saturated heterocycles. The number of aromatic nitrogens is 1. The van der Waals surface area contributed by atoms with Crippen molar-refractivity contribution < 1.29 is 24.2 Å². The number of rotatable bonds is 4. The van der Waals surface area contributed by atoms with E-state index in [0.29, 0.717) is 43.7 Å². The lowest BCUT2D eigenvalue weighted by atomic mass is 9.84. The Kier molecular flexibility index (Phi) is 7.39. The maximum atomic E-state index is 13.5. The van der Waals surface area contributed by atoms with Crippen molar-refractivity contribution in [2.45, 2.75) is 65.0 Å².